The number of thioether (sulfide) groups is 1. The summed E-state index contributed by atoms with van der Waals surface area (Å²) in [6, 6.07) is 3.73. The van der Waals surface area contributed by atoms with Crippen LogP contribution in [0, 0.1) is 29.6 Å². The Morgan fingerprint density at radius 2 is 2.16 bits per heavy atom. The van der Waals surface area contributed by atoms with Gasteiger partial charge >= 0.3 is 0 Å². The van der Waals surface area contributed by atoms with Crippen molar-refractivity contribution in [1.29, 1.82) is 10.5 Å². The molecule has 1 aromatic rings. The molecule has 0 bridgehead atoms. The molecule has 0 amide bonds. The molecule has 0 aliphatic carbocycles. The summed E-state index contributed by atoms with van der Waals surface area (Å²) in [4.78, 5) is 21.0. The van der Waals surface area contributed by atoms with E-state index in [2.05, 4.69) is 9.97 Å². The lowest BCUT2D eigenvalue weighted by atomic mass is 10.3. The van der Waals surface area contributed by atoms with Crippen molar-refractivity contribution < 1.29 is 0 Å². The highest BCUT2D eigenvalue weighted by atomic mass is 32.2. The third-order valence-electron chi connectivity index (χ3n) is 2.56. The average molecular weight is 273 g/mol. The zero-order chi connectivity index (χ0) is 14.0. The van der Waals surface area contributed by atoms with Gasteiger partial charge in [-0.05, 0) is 13.3 Å². The van der Waals surface area contributed by atoms with E-state index in [-0.39, 0.29) is 11.1 Å². The topological polar surface area (TPSA) is 96.6 Å². The Balaban J connectivity index is 2.66. The molecule has 0 fully saturated rings. The van der Waals surface area contributed by atoms with E-state index in [4.69, 9.17) is 10.5 Å². The monoisotopic (exact) mass is 273 g/mol. The zero-order valence-corrected chi connectivity index (χ0v) is 11.3. The normalized spacial score (nSPS) is 12.8. The Kier molecular flexibility index (Phi) is 3.59. The van der Waals surface area contributed by atoms with Crippen LogP contribution < -0.4 is 10.5 Å². The largest absolute Gasteiger partial charge is 0.318 e. The molecule has 2 heterocycles. The molecule has 1 aromatic heterocycles. The van der Waals surface area contributed by atoms with Gasteiger partial charge in [-0.1, -0.05) is 18.7 Å². The lowest BCUT2D eigenvalue weighted by molar-refractivity contribution is 0.837. The van der Waals surface area contributed by atoms with E-state index < -0.39 is 0 Å². The fourth-order valence-corrected chi connectivity index (χ4v) is 2.89. The van der Waals surface area contributed by atoms with Gasteiger partial charge in [0, 0.05) is 6.54 Å². The van der Waals surface area contributed by atoms with Gasteiger partial charge in [0.15, 0.2) is 11.4 Å². The van der Waals surface area contributed by atoms with Crippen molar-refractivity contribution >= 4 is 17.6 Å². The number of hydrogen-bond acceptors (Lipinski definition) is 6. The highest BCUT2D eigenvalue weighted by molar-refractivity contribution is 8.03. The van der Waals surface area contributed by atoms with E-state index in [9.17, 15) is 4.79 Å². The molecule has 19 heavy (non-hydrogen) atoms. The van der Waals surface area contributed by atoms with Gasteiger partial charge in [-0.2, -0.15) is 10.5 Å². The number of aryl methyl sites for hydroxylation is 1. The number of aromatic amines is 1. The summed E-state index contributed by atoms with van der Waals surface area (Å²) in [5.74, 6) is 1.05. The van der Waals surface area contributed by atoms with Crippen LogP contribution in [0.2, 0.25) is 0 Å². The van der Waals surface area contributed by atoms with Crippen molar-refractivity contribution in [2.45, 2.75) is 25.2 Å². The zero-order valence-electron chi connectivity index (χ0n) is 10.5. The maximum atomic E-state index is 11.9. The Morgan fingerprint density at radius 3 is 2.74 bits per heavy atom. The predicted octanol–water partition coefficient (Wildman–Crippen LogP) is 1.66. The molecule has 0 spiro atoms. The van der Waals surface area contributed by atoms with Crippen LogP contribution in [-0.2, 0) is 0 Å². The smallest absolute Gasteiger partial charge is 0.267 e. The first kappa shape index (κ1) is 13.2. The minimum atomic E-state index is -0.237. The molecule has 0 radical (unpaired) electrons. The maximum absolute atomic E-state index is 11.9. The number of rotatable bonds is 2. The summed E-state index contributed by atoms with van der Waals surface area (Å²) in [5, 5.41) is 18.5. The van der Waals surface area contributed by atoms with Gasteiger partial charge in [0.2, 0.25) is 0 Å². The van der Waals surface area contributed by atoms with Crippen LogP contribution >= 0.6 is 11.8 Å². The summed E-state index contributed by atoms with van der Waals surface area (Å²) in [6.45, 7) is 4.30. The van der Waals surface area contributed by atoms with Crippen molar-refractivity contribution in [2.24, 2.45) is 0 Å². The third-order valence-corrected chi connectivity index (χ3v) is 3.75. The van der Waals surface area contributed by atoms with Crippen LogP contribution in [0.3, 0.4) is 0 Å². The standard InChI is InChI=1S/C12H11N5OS/c1-3-4-17-10-9(11(18)16-7(2)15-10)19-12(17)8(5-13)6-14/h3-4H2,1-2H3,(H,15,16,18). The second kappa shape index (κ2) is 5.17. The van der Waals surface area contributed by atoms with E-state index in [0.29, 0.717) is 28.1 Å². The van der Waals surface area contributed by atoms with Gasteiger partial charge in [-0.25, -0.2) is 4.98 Å². The number of nitrogens with one attached hydrogen (secondary N) is 1. The molecule has 7 heteroatoms. The highest BCUT2D eigenvalue weighted by Gasteiger charge is 2.31. The first-order chi connectivity index (χ1) is 9.12. The van der Waals surface area contributed by atoms with E-state index in [1.165, 1.54) is 0 Å². The van der Waals surface area contributed by atoms with Crippen molar-refractivity contribution in [3.05, 3.63) is 26.8 Å². The molecule has 96 valence electrons. The second-order valence-corrected chi connectivity index (χ2v) is 4.96. The Morgan fingerprint density at radius 1 is 1.47 bits per heavy atom. The average Bonchev–Trinajstić information content (AvgIpc) is 2.71. The van der Waals surface area contributed by atoms with Gasteiger partial charge in [0.25, 0.3) is 5.56 Å². The van der Waals surface area contributed by atoms with Gasteiger partial charge < -0.3 is 9.88 Å². The maximum Gasteiger partial charge on any atom is 0.267 e. The molecular formula is C12H11N5OS. The van der Waals surface area contributed by atoms with Crippen molar-refractivity contribution in [1.82, 2.24) is 9.97 Å². The molecule has 0 atom stereocenters. The summed E-state index contributed by atoms with van der Waals surface area (Å²) in [5.41, 5.74) is -0.229. The predicted molar refractivity (Wildman–Crippen MR) is 71.3 cm³/mol. The summed E-state index contributed by atoms with van der Waals surface area (Å²) < 4.78 is 0. The third kappa shape index (κ3) is 2.20. The molecule has 0 aromatic carbocycles. The fourth-order valence-electron chi connectivity index (χ4n) is 1.82. The van der Waals surface area contributed by atoms with Crippen LogP contribution in [0.15, 0.2) is 20.3 Å². The number of hydrogen-bond donors (Lipinski definition) is 1. The number of anilines is 1. The van der Waals surface area contributed by atoms with Crippen LogP contribution in [0.25, 0.3) is 0 Å². The molecule has 1 N–H and O–H groups in total. The Labute approximate surface area is 114 Å². The van der Waals surface area contributed by atoms with Crippen LogP contribution in [-0.4, -0.2) is 16.5 Å². The molecule has 6 nitrogen and oxygen atoms in total. The first-order valence-corrected chi connectivity index (χ1v) is 6.54. The first-order valence-electron chi connectivity index (χ1n) is 5.73. The summed E-state index contributed by atoms with van der Waals surface area (Å²) in [7, 11) is 0. The van der Waals surface area contributed by atoms with Gasteiger partial charge in [0.1, 0.15) is 27.9 Å². The Hall–Kier alpha value is -2.25. The summed E-state index contributed by atoms with van der Waals surface area (Å²) >= 11 is 1.13. The molecule has 0 saturated heterocycles. The number of fused-ring (bicyclic) bond motifs is 1. The minimum absolute atomic E-state index is 0.00787. The van der Waals surface area contributed by atoms with Crippen LogP contribution in [0.5, 0.6) is 0 Å². The van der Waals surface area contributed by atoms with Crippen molar-refractivity contribution in [2.75, 3.05) is 11.4 Å². The van der Waals surface area contributed by atoms with Crippen LogP contribution in [0.1, 0.15) is 19.2 Å². The van der Waals surface area contributed by atoms with Crippen molar-refractivity contribution in [3.8, 4) is 12.1 Å². The van der Waals surface area contributed by atoms with E-state index in [1.807, 2.05) is 19.1 Å². The fraction of sp³-hybridized carbons (Fsp3) is 0.333. The molecule has 1 aliphatic heterocycles. The van der Waals surface area contributed by atoms with Crippen molar-refractivity contribution in [3.63, 3.8) is 0 Å². The molecule has 2 rings (SSSR count). The van der Waals surface area contributed by atoms with Gasteiger partial charge in [-0.15, -0.1) is 0 Å². The highest BCUT2D eigenvalue weighted by Crippen LogP contribution is 2.43. The van der Waals surface area contributed by atoms with Gasteiger partial charge in [-0.3, -0.25) is 4.79 Å². The summed E-state index contributed by atoms with van der Waals surface area (Å²) in [6.07, 6.45) is 0.821. The number of nitrogens with zero attached hydrogens (tertiary/aromatic N) is 4. The second-order valence-electron chi connectivity index (χ2n) is 3.96. The quantitative estimate of drug-likeness (QED) is 0.823. The van der Waals surface area contributed by atoms with E-state index >= 15 is 0 Å². The molecule has 0 saturated carbocycles. The minimum Gasteiger partial charge on any atom is -0.318 e. The lowest BCUT2D eigenvalue weighted by Crippen LogP contribution is -2.22. The number of H-pyrrole nitrogens is 1. The number of aromatic nitrogens is 2. The van der Waals surface area contributed by atoms with E-state index in [0.717, 1.165) is 18.2 Å². The van der Waals surface area contributed by atoms with Gasteiger partial charge in [0.05, 0.1) is 0 Å². The SMILES string of the molecule is CCCN1C(=C(C#N)C#N)Sc2c1nc(C)[nH]c2=O. The number of nitriles is 2. The number of allylic oxidation sites excluding steroid dienone is 1. The molecule has 0 unspecified atom stereocenters. The molecular weight excluding hydrogens is 262 g/mol. The lowest BCUT2D eigenvalue weighted by Gasteiger charge is -2.18. The molecule has 1 aliphatic rings. The Bertz CT molecular complexity index is 676. The van der Waals surface area contributed by atoms with Crippen LogP contribution in [0.4, 0.5) is 5.82 Å². The van der Waals surface area contributed by atoms with E-state index in [1.54, 1.807) is 11.8 Å².